The highest BCUT2D eigenvalue weighted by Gasteiger charge is 2.56. The van der Waals surface area contributed by atoms with Gasteiger partial charge in [0, 0.05) is 137 Å². The number of nitrogens with zero attached hydrogens (tertiary/aromatic N) is 9. The minimum absolute atomic E-state index is 0.0606. The second-order valence-electron chi connectivity index (χ2n) is 31.1. The van der Waals surface area contributed by atoms with Crippen LogP contribution in [0.25, 0.3) is 110 Å². The first-order chi connectivity index (χ1) is 62.9. The fourth-order valence-electron chi connectivity index (χ4n) is 17.7. The molecule has 0 unspecified atom stereocenters. The molecule has 16 aromatic rings. The van der Waals surface area contributed by atoms with Crippen LogP contribution in [-0.4, -0.2) is 117 Å². The molecule has 22 nitrogen and oxygen atoms in total. The number of nitrogens with one attached hydrogen (secondary N) is 4. The molecular formula is C92H86F5N13O9. The lowest BCUT2D eigenvalue weighted by atomic mass is 9.47. The number of nitriles is 1. The van der Waals surface area contributed by atoms with E-state index in [1.165, 1.54) is 54.3 Å². The molecular weight excluding hydrogens is 1530 g/mol. The monoisotopic (exact) mass is 1630 g/mol. The maximum Gasteiger partial charge on any atom is 0.306 e. The van der Waals surface area contributed by atoms with E-state index in [4.69, 9.17) is 23.9 Å². The largest absolute Gasteiger partial charge is 0.481 e. The molecule has 8 N–H and O–H groups in total. The predicted octanol–water partition coefficient (Wildman–Crippen LogP) is 20.3. The highest BCUT2D eigenvalue weighted by atomic mass is 19.2. The zero-order chi connectivity index (χ0) is 95.9. The van der Waals surface area contributed by atoms with E-state index in [1.807, 2.05) is 56.5 Å². The predicted molar refractivity (Wildman–Crippen MR) is 444 cm³/mol. The van der Waals surface area contributed by atoms with Gasteiger partial charge in [-0.3, -0.25) is 39.6 Å². The van der Waals surface area contributed by atoms with Crippen molar-refractivity contribution in [2.75, 3.05) is 13.2 Å². The third kappa shape index (κ3) is 15.2. The summed E-state index contributed by atoms with van der Waals surface area (Å²) in [7, 11) is 0. The Balaban J connectivity index is 0.000000130. The average molecular weight is 1630 g/mol. The fourth-order valence-corrected chi connectivity index (χ4v) is 17.7. The minimum Gasteiger partial charge on any atom is -0.481 e. The van der Waals surface area contributed by atoms with Crippen molar-refractivity contribution in [3.8, 4) is 28.8 Å². The molecule has 1 saturated heterocycles. The summed E-state index contributed by atoms with van der Waals surface area (Å²) in [5.74, 6) is -10.6. The first-order valence-electron chi connectivity index (χ1n) is 45.6. The van der Waals surface area contributed by atoms with Crippen molar-refractivity contribution in [3.05, 3.63) is 238 Å². The number of aromatic amines is 4. The first-order valence-corrected chi connectivity index (χ1v) is 38.6. The van der Waals surface area contributed by atoms with Crippen molar-refractivity contribution in [3.63, 3.8) is 0 Å². The first kappa shape index (κ1) is 63.9. The van der Waals surface area contributed by atoms with Crippen molar-refractivity contribution in [2.45, 2.75) is 148 Å². The zero-order valence-corrected chi connectivity index (χ0v) is 65.0. The molecule has 119 heavy (non-hydrogen) atoms. The smallest absolute Gasteiger partial charge is 0.306 e. The normalized spacial score (nSPS) is 17.9. The number of carbonyl (C=O) groups is 4. The van der Waals surface area contributed by atoms with Crippen LogP contribution in [0.2, 0.25) is 0 Å². The molecule has 19 rings (SSSR count). The van der Waals surface area contributed by atoms with Gasteiger partial charge in [-0.05, 0) is 242 Å². The Morgan fingerprint density at radius 2 is 1.07 bits per heavy atom. The van der Waals surface area contributed by atoms with Crippen LogP contribution >= 0.6 is 0 Å². The Bertz CT molecular complexity index is 7290. The Kier molecular flexibility index (Phi) is 17.4. The number of benzene rings is 8. The number of aliphatic carboxylic acids is 4. The van der Waals surface area contributed by atoms with Gasteiger partial charge in [0.05, 0.1) is 83.7 Å². The molecule has 2 saturated carbocycles. The molecule has 0 bridgehead atoms. The van der Waals surface area contributed by atoms with E-state index in [0.29, 0.717) is 65.2 Å². The van der Waals surface area contributed by atoms with E-state index < -0.39 is 120 Å². The lowest BCUT2D eigenvalue weighted by molar-refractivity contribution is -0.155. The molecule has 8 aromatic heterocycles. The van der Waals surface area contributed by atoms with E-state index in [-0.39, 0.29) is 129 Å². The van der Waals surface area contributed by atoms with E-state index in [0.717, 1.165) is 97.6 Å². The van der Waals surface area contributed by atoms with E-state index >= 15 is 0 Å². The molecule has 9 heterocycles. The van der Waals surface area contributed by atoms with Crippen LogP contribution < -0.4 is 0 Å². The number of aromatic nitrogens is 12. The third-order valence-electron chi connectivity index (χ3n) is 22.6. The van der Waals surface area contributed by atoms with Gasteiger partial charge in [-0.1, -0.05) is 41.5 Å². The van der Waals surface area contributed by atoms with E-state index in [9.17, 15) is 66.8 Å². The van der Waals surface area contributed by atoms with Crippen molar-refractivity contribution in [1.82, 2.24) is 59.1 Å². The van der Waals surface area contributed by atoms with Gasteiger partial charge in [-0.15, -0.1) is 0 Å². The van der Waals surface area contributed by atoms with Crippen LogP contribution in [0, 0.1) is 51.8 Å². The molecule has 0 amide bonds. The molecule has 608 valence electrons. The third-order valence-corrected chi connectivity index (χ3v) is 22.6. The summed E-state index contributed by atoms with van der Waals surface area (Å²) >= 11 is 0. The molecule has 0 atom stereocenters. The summed E-state index contributed by atoms with van der Waals surface area (Å²) < 4.78 is 199. The van der Waals surface area contributed by atoms with Crippen LogP contribution in [0.4, 0.5) is 22.0 Å². The van der Waals surface area contributed by atoms with Crippen molar-refractivity contribution in [2.24, 2.45) is 11.3 Å². The number of H-pyrrole nitrogens is 4. The van der Waals surface area contributed by atoms with Gasteiger partial charge in [0.25, 0.3) is 0 Å². The average Bonchev–Trinajstić information content (AvgIpc) is 1.54. The van der Waals surface area contributed by atoms with Crippen LogP contribution in [0.1, 0.15) is 199 Å². The number of hydrogen-bond acceptors (Lipinski definition) is 10. The quantitative estimate of drug-likeness (QED) is 0.0349. The highest BCUT2D eigenvalue weighted by molar-refractivity contribution is 6.03. The maximum atomic E-state index is 14.5. The Morgan fingerprint density at radius 1 is 0.538 bits per heavy atom. The number of halogens is 5. The number of fused-ring (bicyclic) bond motifs is 8. The van der Waals surface area contributed by atoms with Crippen molar-refractivity contribution >= 4 is 111 Å². The summed E-state index contributed by atoms with van der Waals surface area (Å²) in [5.41, 5.74) is 10.9. The summed E-state index contributed by atoms with van der Waals surface area (Å²) in [4.78, 5) is 45.7. The molecule has 27 heteroatoms. The Morgan fingerprint density at radius 3 is 1.59 bits per heavy atom. The lowest BCUT2D eigenvalue weighted by Gasteiger charge is -2.57. The number of aryl methyl sites for hydroxylation is 3. The lowest BCUT2D eigenvalue weighted by Crippen LogP contribution is -2.49. The zero-order valence-electron chi connectivity index (χ0n) is 79.0. The molecule has 1 aliphatic heterocycles. The minimum atomic E-state index is -2.72. The summed E-state index contributed by atoms with van der Waals surface area (Å²) in [6.45, 7) is 11.9. The number of carboxylic acids is 4. The van der Waals surface area contributed by atoms with Crippen LogP contribution in [0.15, 0.2) is 158 Å². The molecule has 1 spiro atoms. The fraction of sp³-hybridized carbons (Fsp3) is 0.293. The van der Waals surface area contributed by atoms with E-state index in [1.54, 1.807) is 39.7 Å². The Labute approximate surface area is 697 Å². The van der Waals surface area contributed by atoms with Crippen LogP contribution in [0.5, 0.6) is 0 Å². The Hall–Kier alpha value is -13.2. The second-order valence-corrected chi connectivity index (χ2v) is 31.1. The summed E-state index contributed by atoms with van der Waals surface area (Å²) in [5, 5.41) is 79.1. The number of ether oxygens (including phenoxy) is 1. The van der Waals surface area contributed by atoms with Gasteiger partial charge >= 0.3 is 23.9 Å². The molecule has 3 aliphatic rings. The molecule has 8 aromatic carbocycles. The topological polar surface area (TPSA) is 317 Å². The molecule has 2 aliphatic carbocycles. The number of rotatable bonds is 19. The van der Waals surface area contributed by atoms with Crippen molar-refractivity contribution in [1.29, 1.82) is 5.26 Å². The highest BCUT2D eigenvalue weighted by Crippen LogP contribution is 2.66. The van der Waals surface area contributed by atoms with Crippen LogP contribution in [-0.2, 0) is 43.2 Å². The SMILES string of the molecule is N#Cc1n[nH]c2cc3c(C4CC5(CC(C(=O)O)C5)C4)c(C4CCOCC4)n(-c4ccc(F)c(F)c4)c3cc12.[2H]c1c([2H])c(-n2c(C(C)C)c(CCC(=O)O)c3cc4[nH]ncc4cc32)c([2H])c([2H])c1F.[2H]c1c([2H])c(-n2c(C(C)C)c(CCC(=O)O)c3cc4[nH]ncc4cc32)c([2H])c([2H])c1F.[2H]c1n[nH]c2c([2H])c3c(CC([2H])([2H])C(=O)O)c(C([2H])(C)C)n(-c4ccc(F)cc4)c3c([2H])c12. The molecule has 0 radical (unpaired) electrons. The summed E-state index contributed by atoms with van der Waals surface area (Å²) in [6.07, 6.45) is 4.69. The number of carboxylic acid groups (broad SMARTS) is 4. The van der Waals surface area contributed by atoms with Crippen LogP contribution in [0.3, 0.4) is 0 Å². The van der Waals surface area contributed by atoms with Gasteiger partial charge in [-0.25, -0.2) is 22.0 Å². The van der Waals surface area contributed by atoms with Gasteiger partial charge in [0.15, 0.2) is 17.3 Å². The van der Waals surface area contributed by atoms with Gasteiger partial charge in [-0.2, -0.15) is 25.7 Å². The standard InChI is InChI=1S/C29H26F2N4O3.3C21H20FN3O2/c30-21-2-1-18(7-22(21)31)35-25-9-19-23(33-34-24(19)14-32)8-20(25)26(27(35)15-3-5-38-6-4-15)16-10-29(11-16)12-17(13-29)28(36)37;3*1-12(2)21-16(7-8-20(26)27)17-10-18-13(11-23-24-18)9-19(17)25(21)15-5-3-14(22)4-6-15/h1-2,7-9,15-17H,3-6,10-13H2,(H,33,34)(H,36,37);3*3-6,9-12H,7-8H2,1-2H3,(H,23,24)(H,26,27)/i;8D2,9D,10D,11D,12D;2*3D,4D,5D,6D. The molecule has 3 fully saturated rings. The summed E-state index contributed by atoms with van der Waals surface area (Å²) in [6, 6.07) is 17.3. The maximum absolute atomic E-state index is 14.5. The number of hydrogen-bond donors (Lipinski definition) is 8. The van der Waals surface area contributed by atoms with Gasteiger partial charge < -0.3 is 43.4 Å². The second kappa shape index (κ2) is 32.3. The van der Waals surface area contributed by atoms with Gasteiger partial charge in [0.1, 0.15) is 23.5 Å². The van der Waals surface area contributed by atoms with E-state index in [2.05, 4.69) is 46.9 Å². The van der Waals surface area contributed by atoms with Crippen molar-refractivity contribution < 1.29 is 85.5 Å². The van der Waals surface area contributed by atoms with Gasteiger partial charge in [0.2, 0.25) is 0 Å².